The molecule has 30 heavy (non-hydrogen) atoms. The lowest BCUT2D eigenvalue weighted by atomic mass is 10.0. The summed E-state index contributed by atoms with van der Waals surface area (Å²) in [6.07, 6.45) is -1.16. The topological polar surface area (TPSA) is 137 Å². The monoisotopic (exact) mass is 423 g/mol. The van der Waals surface area contributed by atoms with Crippen molar-refractivity contribution in [3.63, 3.8) is 0 Å². The van der Waals surface area contributed by atoms with Crippen molar-refractivity contribution < 1.29 is 34.1 Å². The number of nitrogens with zero attached hydrogens (tertiary/aromatic N) is 1. The molecule has 1 heterocycles. The lowest BCUT2D eigenvalue weighted by molar-refractivity contribution is -0.142. The molecular weight excluding hydrogens is 394 g/mol. The van der Waals surface area contributed by atoms with Crippen molar-refractivity contribution in [2.24, 2.45) is 0 Å². The van der Waals surface area contributed by atoms with Crippen LogP contribution >= 0.6 is 0 Å². The second-order valence-electron chi connectivity index (χ2n) is 7.13. The van der Waals surface area contributed by atoms with Crippen LogP contribution in [0.1, 0.15) is 12.5 Å². The van der Waals surface area contributed by atoms with Crippen LogP contribution in [0.25, 0.3) is 0 Å². The average Bonchev–Trinajstić information content (AvgIpc) is 2.72. The second-order valence-corrected chi connectivity index (χ2v) is 7.13. The van der Waals surface area contributed by atoms with Gasteiger partial charge in [0.1, 0.15) is 17.8 Å². The van der Waals surface area contributed by atoms with Crippen LogP contribution in [0.5, 0.6) is 5.75 Å². The van der Waals surface area contributed by atoms with E-state index in [9.17, 15) is 24.6 Å². The molecule has 0 bridgehead atoms. The Hall–Kier alpha value is -2.69. The summed E-state index contributed by atoms with van der Waals surface area (Å²) in [6.45, 7) is 3.68. The highest BCUT2D eigenvalue weighted by Gasteiger charge is 2.30. The van der Waals surface area contributed by atoms with Gasteiger partial charge in [0.25, 0.3) is 0 Å². The molecule has 1 aromatic carbocycles. The van der Waals surface area contributed by atoms with E-state index >= 15 is 0 Å². The molecule has 0 aliphatic carbocycles. The minimum Gasteiger partial charge on any atom is -0.497 e. The molecule has 0 spiro atoms. The maximum Gasteiger partial charge on any atom is 0.326 e. The van der Waals surface area contributed by atoms with Crippen LogP contribution in [0.4, 0.5) is 0 Å². The smallest absolute Gasteiger partial charge is 0.326 e. The molecule has 4 N–H and O–H groups in total. The summed E-state index contributed by atoms with van der Waals surface area (Å²) in [4.78, 5) is 38.4. The number of aliphatic carboxylic acids is 1. The number of carboxylic acids is 1. The van der Waals surface area contributed by atoms with Crippen molar-refractivity contribution in [3.8, 4) is 5.75 Å². The second kappa shape index (κ2) is 11.5. The van der Waals surface area contributed by atoms with E-state index in [4.69, 9.17) is 9.47 Å². The number of aliphatic hydroxyl groups excluding tert-OH is 1. The van der Waals surface area contributed by atoms with Crippen LogP contribution in [0.2, 0.25) is 0 Å². The van der Waals surface area contributed by atoms with Gasteiger partial charge in [0.2, 0.25) is 11.8 Å². The first-order valence-electron chi connectivity index (χ1n) is 9.73. The minimum absolute atomic E-state index is 0.0410. The van der Waals surface area contributed by atoms with Crippen LogP contribution in [-0.4, -0.2) is 91.0 Å². The Morgan fingerprint density at radius 2 is 1.80 bits per heavy atom. The summed E-state index contributed by atoms with van der Waals surface area (Å²) in [5.74, 6) is -1.78. The molecule has 10 nitrogen and oxygen atoms in total. The van der Waals surface area contributed by atoms with Crippen molar-refractivity contribution in [2.45, 2.75) is 31.5 Å². The van der Waals surface area contributed by atoms with Gasteiger partial charge in [-0.2, -0.15) is 0 Å². The number of morpholine rings is 1. The molecule has 3 unspecified atom stereocenters. The van der Waals surface area contributed by atoms with E-state index in [0.29, 0.717) is 37.6 Å². The predicted molar refractivity (Wildman–Crippen MR) is 107 cm³/mol. The molecule has 166 valence electrons. The highest BCUT2D eigenvalue weighted by Crippen LogP contribution is 2.13. The van der Waals surface area contributed by atoms with E-state index in [2.05, 4.69) is 10.6 Å². The number of methoxy groups -OCH3 is 1. The normalized spacial score (nSPS) is 17.4. The standard InChI is InChI=1S/C20H29N3O7/c1-13(24)18(22-17(25)12-23-7-9-30-10-8-23)19(26)21-16(20(27)28)11-14-3-5-15(29-2)6-4-14/h3-6,13,16,18,24H,7-12H2,1-2H3,(H,21,26)(H,22,25)(H,27,28). The molecule has 0 aromatic heterocycles. The minimum atomic E-state index is -1.27. The molecule has 1 fully saturated rings. The summed E-state index contributed by atoms with van der Waals surface area (Å²) < 4.78 is 10.3. The molecule has 1 aromatic rings. The predicted octanol–water partition coefficient (Wildman–Crippen LogP) is -0.995. The summed E-state index contributed by atoms with van der Waals surface area (Å²) in [6, 6.07) is 4.31. The Kier molecular flexibility index (Phi) is 9.03. The zero-order valence-electron chi connectivity index (χ0n) is 17.2. The number of carbonyl (C=O) groups excluding carboxylic acids is 2. The molecule has 0 saturated carbocycles. The largest absolute Gasteiger partial charge is 0.497 e. The molecule has 2 amide bonds. The molecule has 2 rings (SSSR count). The molecule has 3 atom stereocenters. The Balaban J connectivity index is 1.97. The van der Waals surface area contributed by atoms with Gasteiger partial charge in [-0.1, -0.05) is 12.1 Å². The number of amides is 2. The first-order chi connectivity index (χ1) is 14.3. The third-order valence-corrected chi connectivity index (χ3v) is 4.77. The number of benzene rings is 1. The molecule has 1 aliphatic heterocycles. The fourth-order valence-corrected chi connectivity index (χ4v) is 3.05. The maximum absolute atomic E-state index is 12.6. The summed E-state index contributed by atoms with van der Waals surface area (Å²) in [7, 11) is 1.53. The third-order valence-electron chi connectivity index (χ3n) is 4.77. The zero-order valence-corrected chi connectivity index (χ0v) is 17.2. The molecule has 1 aliphatic rings. The van der Waals surface area contributed by atoms with E-state index in [1.54, 1.807) is 24.3 Å². The molecule has 10 heteroatoms. The Labute approximate surface area is 175 Å². The van der Waals surface area contributed by atoms with Gasteiger partial charge >= 0.3 is 5.97 Å². The zero-order chi connectivity index (χ0) is 22.1. The lowest BCUT2D eigenvalue weighted by Crippen LogP contribution is -2.57. The number of rotatable bonds is 10. The highest BCUT2D eigenvalue weighted by atomic mass is 16.5. The maximum atomic E-state index is 12.6. The van der Waals surface area contributed by atoms with Gasteiger partial charge in [0.05, 0.1) is 33.0 Å². The third kappa shape index (κ3) is 7.29. The van der Waals surface area contributed by atoms with Gasteiger partial charge in [-0.15, -0.1) is 0 Å². The van der Waals surface area contributed by atoms with Gasteiger partial charge in [-0.05, 0) is 24.6 Å². The molecule has 1 saturated heterocycles. The van der Waals surface area contributed by atoms with E-state index in [-0.39, 0.29) is 13.0 Å². The SMILES string of the molecule is COc1ccc(CC(NC(=O)C(NC(=O)CN2CCOCC2)C(C)O)C(=O)O)cc1. The van der Waals surface area contributed by atoms with Crippen molar-refractivity contribution in [1.82, 2.24) is 15.5 Å². The summed E-state index contributed by atoms with van der Waals surface area (Å²) in [5.41, 5.74) is 0.688. The van der Waals surface area contributed by atoms with Crippen molar-refractivity contribution in [1.29, 1.82) is 0 Å². The van der Waals surface area contributed by atoms with Crippen LogP contribution in [0, 0.1) is 0 Å². The number of aliphatic hydroxyl groups is 1. The van der Waals surface area contributed by atoms with Crippen LogP contribution in [0.3, 0.4) is 0 Å². The first-order valence-corrected chi connectivity index (χ1v) is 9.73. The first kappa shape index (κ1) is 23.6. The Morgan fingerprint density at radius 3 is 2.33 bits per heavy atom. The number of hydrogen-bond acceptors (Lipinski definition) is 7. The van der Waals surface area contributed by atoms with Gasteiger partial charge in [0.15, 0.2) is 0 Å². The number of nitrogens with one attached hydrogen (secondary N) is 2. The van der Waals surface area contributed by atoms with E-state index in [1.807, 2.05) is 4.90 Å². The van der Waals surface area contributed by atoms with Crippen molar-refractivity contribution in [3.05, 3.63) is 29.8 Å². The van der Waals surface area contributed by atoms with Gasteiger partial charge in [0, 0.05) is 19.5 Å². The Bertz CT molecular complexity index is 718. The molecular formula is C20H29N3O7. The lowest BCUT2D eigenvalue weighted by Gasteiger charge is -2.28. The number of hydrogen-bond donors (Lipinski definition) is 4. The fourth-order valence-electron chi connectivity index (χ4n) is 3.05. The molecule has 0 radical (unpaired) electrons. The highest BCUT2D eigenvalue weighted by molar-refractivity contribution is 5.91. The van der Waals surface area contributed by atoms with Gasteiger partial charge in [-0.3, -0.25) is 14.5 Å². The van der Waals surface area contributed by atoms with Crippen LogP contribution in [0.15, 0.2) is 24.3 Å². The fraction of sp³-hybridized carbons (Fsp3) is 0.550. The Morgan fingerprint density at radius 1 is 1.17 bits per heavy atom. The average molecular weight is 423 g/mol. The van der Waals surface area contributed by atoms with Gasteiger partial charge < -0.3 is 30.3 Å². The van der Waals surface area contributed by atoms with E-state index < -0.39 is 36.0 Å². The van der Waals surface area contributed by atoms with Crippen molar-refractivity contribution in [2.75, 3.05) is 40.0 Å². The van der Waals surface area contributed by atoms with Gasteiger partial charge in [-0.25, -0.2) is 4.79 Å². The number of ether oxygens (including phenoxy) is 2. The van der Waals surface area contributed by atoms with E-state index in [1.165, 1.54) is 14.0 Å². The number of carbonyl (C=O) groups is 3. The van der Waals surface area contributed by atoms with Crippen molar-refractivity contribution >= 4 is 17.8 Å². The quantitative estimate of drug-likeness (QED) is 0.376. The van der Waals surface area contributed by atoms with Crippen LogP contribution in [-0.2, 0) is 25.5 Å². The summed E-state index contributed by atoms with van der Waals surface area (Å²) >= 11 is 0. The summed E-state index contributed by atoms with van der Waals surface area (Å²) in [5, 5.41) is 24.4. The number of carboxylic acid groups (broad SMARTS) is 1. The van der Waals surface area contributed by atoms with Crippen LogP contribution < -0.4 is 15.4 Å². The van der Waals surface area contributed by atoms with E-state index in [0.717, 1.165) is 0 Å².